The average molecular weight is 314 g/mol. The van der Waals surface area contributed by atoms with Crippen molar-refractivity contribution in [1.29, 1.82) is 0 Å². The van der Waals surface area contributed by atoms with E-state index in [-0.39, 0.29) is 30.4 Å². The Labute approximate surface area is 131 Å². The lowest BCUT2D eigenvalue weighted by molar-refractivity contribution is -0.123. The number of rotatable bonds is 3. The molecule has 21 heavy (non-hydrogen) atoms. The van der Waals surface area contributed by atoms with Crippen LogP contribution >= 0.6 is 12.4 Å². The Kier molecular flexibility index (Phi) is 5.22. The van der Waals surface area contributed by atoms with Crippen LogP contribution in [-0.2, 0) is 17.8 Å². The Bertz CT molecular complexity index is 496. The molecule has 0 aliphatic carbocycles. The van der Waals surface area contributed by atoms with Crippen molar-refractivity contribution < 1.29 is 4.79 Å². The summed E-state index contributed by atoms with van der Waals surface area (Å²) in [5, 5.41) is 15.0. The lowest BCUT2D eigenvalue weighted by atomic mass is 10.1. The lowest BCUT2D eigenvalue weighted by Crippen LogP contribution is -2.48. The number of carbonyl (C=O) groups excluding carboxylic acids is 1. The molecule has 1 saturated heterocycles. The third kappa shape index (κ3) is 3.37. The number of amides is 1. The highest BCUT2D eigenvalue weighted by Gasteiger charge is 2.28. The van der Waals surface area contributed by atoms with Crippen LogP contribution in [0.1, 0.15) is 50.7 Å². The van der Waals surface area contributed by atoms with Gasteiger partial charge in [0.15, 0.2) is 0 Å². The quantitative estimate of drug-likeness (QED) is 0.873. The van der Waals surface area contributed by atoms with E-state index in [0.29, 0.717) is 5.92 Å². The van der Waals surface area contributed by atoms with Crippen LogP contribution in [0.15, 0.2) is 0 Å². The van der Waals surface area contributed by atoms with Gasteiger partial charge in [0.25, 0.3) is 0 Å². The Balaban J connectivity index is 0.00000161. The molecule has 2 atom stereocenters. The molecule has 6 nitrogen and oxygen atoms in total. The number of halogens is 1. The summed E-state index contributed by atoms with van der Waals surface area (Å²) in [4.78, 5) is 12.2. The van der Waals surface area contributed by atoms with Gasteiger partial charge in [-0.3, -0.25) is 4.79 Å². The lowest BCUT2D eigenvalue weighted by Gasteiger charge is -2.27. The summed E-state index contributed by atoms with van der Waals surface area (Å²) in [5.74, 6) is 2.59. The Morgan fingerprint density at radius 3 is 2.86 bits per heavy atom. The van der Waals surface area contributed by atoms with E-state index >= 15 is 0 Å². The standard InChI is InChI=1S/C14H23N5O.ClH/c1-9(2)13-18-17-12-6-5-10(8-19(12)13)16-14(20)11-4-3-7-15-11;/h9-11,15H,3-8H2,1-2H3,(H,16,20);1H. The number of aryl methyl sites for hydroxylation is 1. The molecule has 3 rings (SSSR count). The second kappa shape index (κ2) is 6.75. The van der Waals surface area contributed by atoms with Gasteiger partial charge in [-0.1, -0.05) is 13.8 Å². The molecule has 7 heteroatoms. The van der Waals surface area contributed by atoms with Gasteiger partial charge < -0.3 is 15.2 Å². The highest BCUT2D eigenvalue weighted by molar-refractivity contribution is 5.85. The van der Waals surface area contributed by atoms with Gasteiger partial charge in [-0.2, -0.15) is 0 Å². The fourth-order valence-corrected chi connectivity index (χ4v) is 3.10. The fourth-order valence-electron chi connectivity index (χ4n) is 3.10. The van der Waals surface area contributed by atoms with Crippen LogP contribution in [0.2, 0.25) is 0 Å². The molecule has 1 amide bonds. The van der Waals surface area contributed by atoms with Crippen molar-refractivity contribution in [3.05, 3.63) is 11.6 Å². The molecule has 0 aromatic carbocycles. The first-order valence-electron chi connectivity index (χ1n) is 7.61. The van der Waals surface area contributed by atoms with Crippen molar-refractivity contribution in [2.75, 3.05) is 6.54 Å². The number of aromatic nitrogens is 3. The third-order valence-electron chi connectivity index (χ3n) is 4.21. The molecule has 1 fully saturated rings. The molecule has 3 heterocycles. The summed E-state index contributed by atoms with van der Waals surface area (Å²) in [6, 6.07) is 0.202. The summed E-state index contributed by atoms with van der Waals surface area (Å²) >= 11 is 0. The summed E-state index contributed by atoms with van der Waals surface area (Å²) < 4.78 is 2.18. The predicted octanol–water partition coefficient (Wildman–Crippen LogP) is 1.01. The van der Waals surface area contributed by atoms with Crippen molar-refractivity contribution in [1.82, 2.24) is 25.4 Å². The number of nitrogens with one attached hydrogen (secondary N) is 2. The van der Waals surface area contributed by atoms with Crippen LogP contribution in [0.3, 0.4) is 0 Å². The highest BCUT2D eigenvalue weighted by Crippen LogP contribution is 2.20. The van der Waals surface area contributed by atoms with E-state index in [2.05, 4.69) is 39.2 Å². The van der Waals surface area contributed by atoms with Gasteiger partial charge in [0.1, 0.15) is 11.6 Å². The van der Waals surface area contributed by atoms with Crippen LogP contribution in [0, 0.1) is 0 Å². The Morgan fingerprint density at radius 2 is 2.19 bits per heavy atom. The summed E-state index contributed by atoms with van der Waals surface area (Å²) in [5.41, 5.74) is 0. The highest BCUT2D eigenvalue weighted by atomic mass is 35.5. The maximum absolute atomic E-state index is 12.2. The van der Waals surface area contributed by atoms with Gasteiger partial charge in [0, 0.05) is 24.9 Å². The number of hydrogen-bond acceptors (Lipinski definition) is 4. The largest absolute Gasteiger partial charge is 0.350 e. The zero-order valence-electron chi connectivity index (χ0n) is 12.6. The molecular weight excluding hydrogens is 290 g/mol. The molecule has 0 bridgehead atoms. The number of hydrogen-bond donors (Lipinski definition) is 2. The molecule has 1 aromatic heterocycles. The zero-order chi connectivity index (χ0) is 14.1. The van der Waals surface area contributed by atoms with Crippen LogP contribution in [0.25, 0.3) is 0 Å². The van der Waals surface area contributed by atoms with Crippen molar-refractivity contribution >= 4 is 18.3 Å². The van der Waals surface area contributed by atoms with E-state index in [9.17, 15) is 4.79 Å². The normalized spacial score (nSPS) is 24.5. The first kappa shape index (κ1) is 16.2. The second-order valence-corrected chi connectivity index (χ2v) is 6.13. The van der Waals surface area contributed by atoms with E-state index in [4.69, 9.17) is 0 Å². The minimum atomic E-state index is 0. The van der Waals surface area contributed by atoms with Gasteiger partial charge >= 0.3 is 0 Å². The minimum Gasteiger partial charge on any atom is -0.350 e. The maximum Gasteiger partial charge on any atom is 0.237 e. The summed E-state index contributed by atoms with van der Waals surface area (Å²) in [6.07, 6.45) is 3.89. The smallest absolute Gasteiger partial charge is 0.237 e. The van der Waals surface area contributed by atoms with E-state index in [1.54, 1.807) is 0 Å². The molecule has 2 aliphatic heterocycles. The SMILES string of the molecule is CC(C)c1nnc2n1CC(NC(=O)C1CCCN1)CC2.Cl. The van der Waals surface area contributed by atoms with Gasteiger partial charge in [0.05, 0.1) is 6.04 Å². The first-order chi connectivity index (χ1) is 9.65. The zero-order valence-corrected chi connectivity index (χ0v) is 13.4. The van der Waals surface area contributed by atoms with Crippen molar-refractivity contribution in [2.24, 2.45) is 0 Å². The van der Waals surface area contributed by atoms with Crippen LogP contribution in [0.5, 0.6) is 0 Å². The Morgan fingerprint density at radius 1 is 1.38 bits per heavy atom. The van der Waals surface area contributed by atoms with Crippen molar-refractivity contribution in [3.8, 4) is 0 Å². The second-order valence-electron chi connectivity index (χ2n) is 6.13. The maximum atomic E-state index is 12.2. The van der Waals surface area contributed by atoms with Crippen molar-refractivity contribution in [2.45, 2.75) is 64.1 Å². The predicted molar refractivity (Wildman–Crippen MR) is 82.6 cm³/mol. The molecule has 0 spiro atoms. The first-order valence-corrected chi connectivity index (χ1v) is 7.61. The Hall–Kier alpha value is -1.14. The van der Waals surface area contributed by atoms with E-state index in [1.165, 1.54) is 0 Å². The van der Waals surface area contributed by atoms with Gasteiger partial charge in [-0.25, -0.2) is 0 Å². The van der Waals surface area contributed by atoms with Crippen molar-refractivity contribution in [3.63, 3.8) is 0 Å². The number of carbonyl (C=O) groups is 1. The number of fused-ring (bicyclic) bond motifs is 1. The fraction of sp³-hybridized carbons (Fsp3) is 0.786. The molecule has 2 N–H and O–H groups in total. The summed E-state index contributed by atoms with van der Waals surface area (Å²) in [6.45, 7) is 6.01. The minimum absolute atomic E-state index is 0. The van der Waals surface area contributed by atoms with E-state index < -0.39 is 0 Å². The van der Waals surface area contributed by atoms with Crippen LogP contribution in [0.4, 0.5) is 0 Å². The van der Waals surface area contributed by atoms with E-state index in [1.807, 2.05) is 0 Å². The molecule has 0 radical (unpaired) electrons. The van der Waals surface area contributed by atoms with Crippen LogP contribution in [-0.4, -0.2) is 39.3 Å². The third-order valence-corrected chi connectivity index (χ3v) is 4.21. The number of nitrogens with zero attached hydrogens (tertiary/aromatic N) is 3. The molecule has 118 valence electrons. The van der Waals surface area contributed by atoms with Crippen LogP contribution < -0.4 is 10.6 Å². The van der Waals surface area contributed by atoms with Gasteiger partial charge in [-0.05, 0) is 25.8 Å². The molecular formula is C14H24ClN5O. The molecule has 2 aliphatic rings. The average Bonchev–Trinajstić information content (AvgIpc) is 3.07. The molecule has 1 aromatic rings. The van der Waals surface area contributed by atoms with Gasteiger partial charge in [0.2, 0.25) is 5.91 Å². The molecule has 2 unspecified atom stereocenters. The monoisotopic (exact) mass is 313 g/mol. The summed E-state index contributed by atoms with van der Waals surface area (Å²) in [7, 11) is 0. The van der Waals surface area contributed by atoms with E-state index in [0.717, 1.165) is 50.4 Å². The molecule has 0 saturated carbocycles. The van der Waals surface area contributed by atoms with Gasteiger partial charge in [-0.15, -0.1) is 22.6 Å². The topological polar surface area (TPSA) is 71.8 Å².